The second-order valence-corrected chi connectivity index (χ2v) is 7.60. The topological polar surface area (TPSA) is 76.8 Å². The quantitative estimate of drug-likeness (QED) is 0.486. The smallest absolute Gasteiger partial charge is 0.329 e. The van der Waals surface area contributed by atoms with Crippen molar-refractivity contribution in [3.63, 3.8) is 0 Å². The molecule has 0 saturated carbocycles. The lowest BCUT2D eigenvalue weighted by Gasteiger charge is -2.19. The summed E-state index contributed by atoms with van der Waals surface area (Å²) in [7, 11) is 0. The van der Waals surface area contributed by atoms with Gasteiger partial charge in [0, 0.05) is 16.1 Å². The molecule has 1 aromatic carbocycles. The summed E-state index contributed by atoms with van der Waals surface area (Å²) in [6.45, 7) is 3.31. The van der Waals surface area contributed by atoms with Crippen LogP contribution in [0.15, 0.2) is 50.2 Å². The highest BCUT2D eigenvalue weighted by Gasteiger charge is 2.41. The molecule has 1 aliphatic rings. The Kier molecular flexibility index (Phi) is 5.86. The van der Waals surface area contributed by atoms with Gasteiger partial charge < -0.3 is 9.15 Å². The maximum absolute atomic E-state index is 12.6. The number of thioether (sulfide) groups is 1. The van der Waals surface area contributed by atoms with Crippen LogP contribution in [-0.2, 0) is 14.3 Å². The number of nitrogens with zero attached hydrogens (tertiary/aromatic N) is 1. The van der Waals surface area contributed by atoms with E-state index in [1.807, 2.05) is 24.3 Å². The number of ether oxygens (including phenoxy) is 1. The highest BCUT2D eigenvalue weighted by Crippen LogP contribution is 2.35. The fraction of sp³-hybridized carbons (Fsp3) is 0.211. The summed E-state index contributed by atoms with van der Waals surface area (Å²) in [6.07, 6.45) is 1.50. The van der Waals surface area contributed by atoms with Crippen LogP contribution in [-0.4, -0.2) is 34.7 Å². The van der Waals surface area contributed by atoms with Crippen molar-refractivity contribution in [1.29, 1.82) is 0 Å². The number of halogens is 1. The van der Waals surface area contributed by atoms with Crippen molar-refractivity contribution < 1.29 is 23.5 Å². The normalized spacial score (nSPS) is 16.9. The number of rotatable bonds is 5. The standard InChI is InChI=1S/C19H16BrNO5S/c1-3-25-18(23)11(2)21-17(22)16(27-19(21)24)10-14-7-8-15(26-14)12-5-4-6-13(20)9-12/h4-11H,3H2,1-2H3. The van der Waals surface area contributed by atoms with E-state index >= 15 is 0 Å². The van der Waals surface area contributed by atoms with Gasteiger partial charge in [0.15, 0.2) is 0 Å². The molecule has 6 nitrogen and oxygen atoms in total. The van der Waals surface area contributed by atoms with Crippen LogP contribution in [0.2, 0.25) is 0 Å². The molecule has 1 aliphatic heterocycles. The third-order valence-corrected chi connectivity index (χ3v) is 5.22. The van der Waals surface area contributed by atoms with E-state index in [0.29, 0.717) is 11.5 Å². The first-order chi connectivity index (χ1) is 12.9. The van der Waals surface area contributed by atoms with Crippen LogP contribution in [0.1, 0.15) is 19.6 Å². The van der Waals surface area contributed by atoms with E-state index in [-0.39, 0.29) is 11.5 Å². The fourth-order valence-corrected chi connectivity index (χ4v) is 3.83. The number of imide groups is 1. The predicted octanol–water partition coefficient (Wildman–Crippen LogP) is 4.70. The van der Waals surface area contributed by atoms with Gasteiger partial charge in [-0.15, -0.1) is 0 Å². The average Bonchev–Trinajstić information content (AvgIpc) is 3.20. The first-order valence-corrected chi connectivity index (χ1v) is 9.81. The molecule has 1 unspecified atom stereocenters. The second kappa shape index (κ2) is 8.14. The zero-order valence-electron chi connectivity index (χ0n) is 14.6. The van der Waals surface area contributed by atoms with Gasteiger partial charge in [0.25, 0.3) is 11.1 Å². The van der Waals surface area contributed by atoms with Crippen LogP contribution in [0.25, 0.3) is 17.4 Å². The molecule has 2 amide bonds. The van der Waals surface area contributed by atoms with Crippen molar-refractivity contribution in [3.8, 4) is 11.3 Å². The fourth-order valence-electron chi connectivity index (χ4n) is 2.54. The third kappa shape index (κ3) is 4.17. The molecule has 27 heavy (non-hydrogen) atoms. The molecular formula is C19H16BrNO5S. The number of hydrogen-bond donors (Lipinski definition) is 0. The molecule has 1 fully saturated rings. The summed E-state index contributed by atoms with van der Waals surface area (Å²) in [6, 6.07) is 10.2. The van der Waals surface area contributed by atoms with E-state index < -0.39 is 23.2 Å². The molecule has 1 atom stereocenters. The Morgan fingerprint density at radius 2 is 2.11 bits per heavy atom. The molecule has 0 spiro atoms. The van der Waals surface area contributed by atoms with Gasteiger partial charge in [-0.05, 0) is 49.9 Å². The van der Waals surface area contributed by atoms with E-state index in [9.17, 15) is 14.4 Å². The van der Waals surface area contributed by atoms with Crippen LogP contribution in [0.3, 0.4) is 0 Å². The Balaban J connectivity index is 1.81. The number of furan rings is 1. The molecule has 0 radical (unpaired) electrons. The summed E-state index contributed by atoms with van der Waals surface area (Å²) in [5, 5.41) is -0.509. The largest absolute Gasteiger partial charge is 0.464 e. The molecule has 3 rings (SSSR count). The van der Waals surface area contributed by atoms with Crippen molar-refractivity contribution >= 4 is 50.9 Å². The minimum absolute atomic E-state index is 0.181. The summed E-state index contributed by atoms with van der Waals surface area (Å²) >= 11 is 4.18. The van der Waals surface area contributed by atoms with Crippen molar-refractivity contribution in [1.82, 2.24) is 4.90 Å². The van der Waals surface area contributed by atoms with Crippen molar-refractivity contribution in [2.24, 2.45) is 0 Å². The Morgan fingerprint density at radius 1 is 1.33 bits per heavy atom. The van der Waals surface area contributed by atoms with E-state index in [1.165, 1.54) is 13.0 Å². The maximum Gasteiger partial charge on any atom is 0.329 e. The highest BCUT2D eigenvalue weighted by atomic mass is 79.9. The monoisotopic (exact) mass is 449 g/mol. The lowest BCUT2D eigenvalue weighted by Crippen LogP contribution is -2.42. The first-order valence-electron chi connectivity index (χ1n) is 8.20. The molecule has 0 bridgehead atoms. The summed E-state index contributed by atoms with van der Waals surface area (Å²) in [5.41, 5.74) is 0.882. The third-order valence-electron chi connectivity index (χ3n) is 3.85. The summed E-state index contributed by atoms with van der Waals surface area (Å²) in [5.74, 6) is -0.0668. The number of amides is 2. The molecule has 0 aliphatic carbocycles. The zero-order valence-corrected chi connectivity index (χ0v) is 17.0. The van der Waals surface area contributed by atoms with Crippen LogP contribution in [0, 0.1) is 0 Å². The zero-order chi connectivity index (χ0) is 19.6. The first kappa shape index (κ1) is 19.4. The molecule has 140 valence electrons. The lowest BCUT2D eigenvalue weighted by atomic mass is 10.2. The molecule has 0 N–H and O–H groups in total. The van der Waals surface area contributed by atoms with Gasteiger partial charge in [-0.1, -0.05) is 28.1 Å². The van der Waals surface area contributed by atoms with Crippen molar-refractivity contribution in [2.75, 3.05) is 6.61 Å². The van der Waals surface area contributed by atoms with Gasteiger partial charge in [0.05, 0.1) is 11.5 Å². The van der Waals surface area contributed by atoms with Crippen LogP contribution in [0.4, 0.5) is 4.79 Å². The van der Waals surface area contributed by atoms with E-state index in [4.69, 9.17) is 9.15 Å². The van der Waals surface area contributed by atoms with Crippen LogP contribution < -0.4 is 0 Å². The van der Waals surface area contributed by atoms with Gasteiger partial charge in [0.2, 0.25) is 0 Å². The van der Waals surface area contributed by atoms with Gasteiger partial charge in [-0.2, -0.15) is 0 Å². The number of benzene rings is 1. The number of carbonyl (C=O) groups is 3. The van der Waals surface area contributed by atoms with Gasteiger partial charge in [-0.25, -0.2) is 4.79 Å². The van der Waals surface area contributed by atoms with E-state index in [2.05, 4.69) is 15.9 Å². The molecular weight excluding hydrogens is 434 g/mol. The van der Waals surface area contributed by atoms with Crippen LogP contribution in [0.5, 0.6) is 0 Å². The van der Waals surface area contributed by atoms with E-state index in [1.54, 1.807) is 19.1 Å². The van der Waals surface area contributed by atoms with Gasteiger partial charge in [-0.3, -0.25) is 14.5 Å². The Hall–Kier alpha value is -2.32. The lowest BCUT2D eigenvalue weighted by molar-refractivity contribution is -0.150. The van der Waals surface area contributed by atoms with Crippen LogP contribution >= 0.6 is 27.7 Å². The molecule has 8 heteroatoms. The SMILES string of the molecule is CCOC(=O)C(C)N1C(=O)SC(=Cc2ccc(-c3cccc(Br)c3)o2)C1=O. The number of carbonyl (C=O) groups excluding carboxylic acids is 3. The average molecular weight is 450 g/mol. The number of esters is 1. The summed E-state index contributed by atoms with van der Waals surface area (Å²) in [4.78, 5) is 37.7. The Bertz CT molecular complexity index is 936. The molecule has 2 heterocycles. The molecule has 2 aromatic rings. The Morgan fingerprint density at radius 3 is 2.81 bits per heavy atom. The number of hydrogen-bond acceptors (Lipinski definition) is 6. The molecule has 1 saturated heterocycles. The summed E-state index contributed by atoms with van der Waals surface area (Å²) < 4.78 is 11.6. The Labute approximate surface area is 168 Å². The van der Waals surface area contributed by atoms with E-state index in [0.717, 1.165) is 26.7 Å². The molecule has 1 aromatic heterocycles. The van der Waals surface area contributed by atoms with Gasteiger partial charge >= 0.3 is 5.97 Å². The highest BCUT2D eigenvalue weighted by molar-refractivity contribution is 9.10. The maximum atomic E-state index is 12.6. The minimum atomic E-state index is -0.975. The van der Waals surface area contributed by atoms with Crippen molar-refractivity contribution in [2.45, 2.75) is 19.9 Å². The van der Waals surface area contributed by atoms with Gasteiger partial charge in [0.1, 0.15) is 17.6 Å². The van der Waals surface area contributed by atoms with Crippen molar-refractivity contribution in [3.05, 3.63) is 51.5 Å². The minimum Gasteiger partial charge on any atom is -0.464 e. The predicted molar refractivity (Wildman–Crippen MR) is 106 cm³/mol. The second-order valence-electron chi connectivity index (χ2n) is 5.69.